The normalized spacial score (nSPS) is 19.7. The SMILES string of the molecule is O=C(COc1ccc2c(c1)OCO2)N1CCC[C@@H]1c1ccc2c(c1)OCCCO2. The topological polar surface area (TPSA) is 66.5 Å². The highest BCUT2D eigenvalue weighted by molar-refractivity contribution is 5.78. The summed E-state index contributed by atoms with van der Waals surface area (Å²) in [5, 5.41) is 0. The van der Waals surface area contributed by atoms with Crippen LogP contribution in [0.5, 0.6) is 28.7 Å². The van der Waals surface area contributed by atoms with Gasteiger partial charge in [-0.2, -0.15) is 0 Å². The van der Waals surface area contributed by atoms with Gasteiger partial charge < -0.3 is 28.6 Å². The zero-order valence-electron chi connectivity index (χ0n) is 16.1. The monoisotopic (exact) mass is 397 g/mol. The van der Waals surface area contributed by atoms with Gasteiger partial charge in [-0.25, -0.2) is 0 Å². The molecule has 0 aliphatic carbocycles. The van der Waals surface area contributed by atoms with Gasteiger partial charge >= 0.3 is 0 Å². The van der Waals surface area contributed by atoms with E-state index in [2.05, 4.69) is 0 Å². The molecule has 0 N–H and O–H groups in total. The van der Waals surface area contributed by atoms with Crippen molar-refractivity contribution in [1.29, 1.82) is 0 Å². The molecule has 1 atom stereocenters. The largest absolute Gasteiger partial charge is 0.490 e. The molecule has 5 rings (SSSR count). The minimum Gasteiger partial charge on any atom is -0.490 e. The number of hydrogen-bond donors (Lipinski definition) is 0. The summed E-state index contributed by atoms with van der Waals surface area (Å²) in [7, 11) is 0. The van der Waals surface area contributed by atoms with Gasteiger partial charge in [-0.15, -0.1) is 0 Å². The van der Waals surface area contributed by atoms with Crippen LogP contribution in [0.1, 0.15) is 30.9 Å². The Labute approximate surface area is 169 Å². The lowest BCUT2D eigenvalue weighted by atomic mass is 10.0. The van der Waals surface area contributed by atoms with Gasteiger partial charge in [0.15, 0.2) is 29.6 Å². The molecule has 7 heteroatoms. The van der Waals surface area contributed by atoms with Gasteiger partial charge in [0, 0.05) is 19.0 Å². The first kappa shape index (κ1) is 18.0. The average molecular weight is 397 g/mol. The van der Waals surface area contributed by atoms with Gasteiger partial charge in [-0.05, 0) is 42.7 Å². The first-order valence-electron chi connectivity index (χ1n) is 9.99. The highest BCUT2D eigenvalue weighted by Gasteiger charge is 2.31. The van der Waals surface area contributed by atoms with E-state index in [-0.39, 0.29) is 25.3 Å². The maximum Gasteiger partial charge on any atom is 0.261 e. The van der Waals surface area contributed by atoms with Crippen molar-refractivity contribution in [3.63, 3.8) is 0 Å². The Morgan fingerprint density at radius 1 is 0.931 bits per heavy atom. The Bertz CT molecular complexity index is 914. The summed E-state index contributed by atoms with van der Waals surface area (Å²) in [6.07, 6.45) is 2.76. The molecule has 0 bridgehead atoms. The van der Waals surface area contributed by atoms with Gasteiger partial charge in [0.25, 0.3) is 5.91 Å². The van der Waals surface area contributed by atoms with E-state index in [1.54, 1.807) is 18.2 Å². The Balaban J connectivity index is 1.26. The van der Waals surface area contributed by atoms with E-state index in [0.29, 0.717) is 30.5 Å². The summed E-state index contributed by atoms with van der Waals surface area (Å²) in [5.41, 5.74) is 1.07. The molecule has 152 valence electrons. The van der Waals surface area contributed by atoms with Crippen molar-refractivity contribution in [1.82, 2.24) is 4.90 Å². The van der Waals surface area contributed by atoms with Crippen molar-refractivity contribution in [3.05, 3.63) is 42.0 Å². The van der Waals surface area contributed by atoms with Crippen molar-refractivity contribution < 1.29 is 28.5 Å². The minimum absolute atomic E-state index is 0.0132. The molecule has 3 aliphatic heterocycles. The molecule has 2 aromatic rings. The maximum atomic E-state index is 12.9. The van der Waals surface area contributed by atoms with Crippen LogP contribution >= 0.6 is 0 Å². The molecule has 2 aromatic carbocycles. The zero-order chi connectivity index (χ0) is 19.6. The molecule has 0 aromatic heterocycles. The molecule has 29 heavy (non-hydrogen) atoms. The second kappa shape index (κ2) is 7.73. The number of carbonyl (C=O) groups excluding carboxylic acids is 1. The third-order valence-electron chi connectivity index (χ3n) is 5.44. The molecule has 1 saturated heterocycles. The lowest BCUT2D eigenvalue weighted by Gasteiger charge is -2.25. The number of benzene rings is 2. The molecule has 0 unspecified atom stereocenters. The van der Waals surface area contributed by atoms with E-state index in [1.807, 2.05) is 23.1 Å². The van der Waals surface area contributed by atoms with Gasteiger partial charge in [0.2, 0.25) is 6.79 Å². The van der Waals surface area contributed by atoms with Crippen LogP contribution in [-0.2, 0) is 4.79 Å². The number of nitrogens with zero attached hydrogens (tertiary/aromatic N) is 1. The summed E-state index contributed by atoms with van der Waals surface area (Å²) in [6.45, 7) is 2.23. The van der Waals surface area contributed by atoms with Crippen molar-refractivity contribution in [2.24, 2.45) is 0 Å². The molecular formula is C22H23NO6. The van der Waals surface area contributed by atoms with Crippen molar-refractivity contribution in [2.75, 3.05) is 33.2 Å². The molecule has 0 spiro atoms. The van der Waals surface area contributed by atoms with E-state index >= 15 is 0 Å². The summed E-state index contributed by atoms with van der Waals surface area (Å²) in [4.78, 5) is 14.8. The van der Waals surface area contributed by atoms with Crippen molar-refractivity contribution in [3.8, 4) is 28.7 Å². The number of likely N-dealkylation sites (tertiary alicyclic amines) is 1. The minimum atomic E-state index is -0.0303. The van der Waals surface area contributed by atoms with E-state index in [0.717, 1.165) is 42.9 Å². The van der Waals surface area contributed by atoms with Gasteiger partial charge in [0.05, 0.1) is 19.3 Å². The van der Waals surface area contributed by atoms with Gasteiger partial charge in [0.1, 0.15) is 5.75 Å². The van der Waals surface area contributed by atoms with E-state index in [9.17, 15) is 4.79 Å². The summed E-state index contributed by atoms with van der Waals surface area (Å²) in [6, 6.07) is 11.3. The second-order valence-electron chi connectivity index (χ2n) is 7.31. The van der Waals surface area contributed by atoms with Crippen LogP contribution in [0.15, 0.2) is 36.4 Å². The molecule has 1 amide bonds. The lowest BCUT2D eigenvalue weighted by Crippen LogP contribution is -2.34. The van der Waals surface area contributed by atoms with Crippen LogP contribution in [0.4, 0.5) is 0 Å². The quantitative estimate of drug-likeness (QED) is 0.789. The van der Waals surface area contributed by atoms with E-state index in [1.165, 1.54) is 0 Å². The van der Waals surface area contributed by atoms with E-state index in [4.69, 9.17) is 23.7 Å². The predicted octanol–water partition coefficient (Wildman–Crippen LogP) is 3.32. The number of rotatable bonds is 4. The molecule has 0 saturated carbocycles. The molecule has 0 radical (unpaired) electrons. The number of ether oxygens (including phenoxy) is 5. The van der Waals surface area contributed by atoms with E-state index < -0.39 is 0 Å². The summed E-state index contributed by atoms with van der Waals surface area (Å²) >= 11 is 0. The summed E-state index contributed by atoms with van der Waals surface area (Å²) < 4.78 is 27.9. The molecule has 1 fully saturated rings. The first-order chi connectivity index (χ1) is 14.3. The number of fused-ring (bicyclic) bond motifs is 2. The fraction of sp³-hybridized carbons (Fsp3) is 0.409. The molecule has 3 heterocycles. The standard InChI is InChI=1S/C22H23NO6/c24-22(13-27-16-5-7-19-21(12-16)29-14-28-19)23-8-1-3-17(23)15-4-6-18-20(11-15)26-10-2-9-25-18/h4-7,11-12,17H,1-3,8-10,13-14H2/t17-/m1/s1. The number of carbonyl (C=O) groups is 1. The maximum absolute atomic E-state index is 12.9. The number of amides is 1. The first-order valence-corrected chi connectivity index (χ1v) is 9.99. The van der Waals surface area contributed by atoms with Crippen molar-refractivity contribution >= 4 is 5.91 Å². The van der Waals surface area contributed by atoms with Gasteiger partial charge in [-0.1, -0.05) is 6.07 Å². The highest BCUT2D eigenvalue weighted by Crippen LogP contribution is 2.38. The van der Waals surface area contributed by atoms with Crippen LogP contribution in [-0.4, -0.2) is 44.0 Å². The third kappa shape index (κ3) is 3.64. The fourth-order valence-corrected chi connectivity index (χ4v) is 3.99. The zero-order valence-corrected chi connectivity index (χ0v) is 16.1. The Morgan fingerprint density at radius 2 is 1.69 bits per heavy atom. The molecule has 3 aliphatic rings. The van der Waals surface area contributed by atoms with Crippen LogP contribution in [0.25, 0.3) is 0 Å². The van der Waals surface area contributed by atoms with Gasteiger partial charge in [-0.3, -0.25) is 4.79 Å². The van der Waals surface area contributed by atoms with Crippen LogP contribution in [0, 0.1) is 0 Å². The molecular weight excluding hydrogens is 374 g/mol. The Hall–Kier alpha value is -3.09. The average Bonchev–Trinajstić information content (AvgIpc) is 3.36. The highest BCUT2D eigenvalue weighted by atomic mass is 16.7. The smallest absolute Gasteiger partial charge is 0.261 e. The third-order valence-corrected chi connectivity index (χ3v) is 5.44. The fourth-order valence-electron chi connectivity index (χ4n) is 3.99. The van der Waals surface area contributed by atoms with Crippen molar-refractivity contribution in [2.45, 2.75) is 25.3 Å². The predicted molar refractivity (Wildman–Crippen MR) is 104 cm³/mol. The second-order valence-corrected chi connectivity index (χ2v) is 7.31. The van der Waals surface area contributed by atoms with Crippen LogP contribution < -0.4 is 23.7 Å². The Morgan fingerprint density at radius 3 is 2.62 bits per heavy atom. The number of hydrogen-bond acceptors (Lipinski definition) is 6. The summed E-state index contributed by atoms with van der Waals surface area (Å²) in [5.74, 6) is 3.43. The Kier molecular flexibility index (Phi) is 4.79. The van der Waals surface area contributed by atoms with Crippen LogP contribution in [0.3, 0.4) is 0 Å². The molecule has 7 nitrogen and oxygen atoms in total. The van der Waals surface area contributed by atoms with Crippen LogP contribution in [0.2, 0.25) is 0 Å². The lowest BCUT2D eigenvalue weighted by molar-refractivity contribution is -0.134.